The van der Waals surface area contributed by atoms with Gasteiger partial charge < -0.3 is 10.2 Å². The molecule has 0 unspecified atom stereocenters. The summed E-state index contributed by atoms with van der Waals surface area (Å²) in [5.74, 6) is 4.98. The van der Waals surface area contributed by atoms with Crippen LogP contribution < -0.4 is 11.3 Å². The summed E-state index contributed by atoms with van der Waals surface area (Å²) in [4.78, 5) is 4.06. The molecule has 1 rings (SSSR count). The van der Waals surface area contributed by atoms with Crippen molar-refractivity contribution in [2.24, 2.45) is 10.8 Å². The Bertz CT molecular complexity index is 384. The van der Waals surface area contributed by atoms with Gasteiger partial charge in [0.05, 0.1) is 23.7 Å². The molecule has 0 saturated heterocycles. The van der Waals surface area contributed by atoms with E-state index in [9.17, 15) is 4.39 Å². The van der Waals surface area contributed by atoms with Crippen molar-refractivity contribution >= 4 is 17.4 Å². The van der Waals surface area contributed by atoms with Crippen LogP contribution in [0.15, 0.2) is 23.2 Å². The number of methoxy groups -OCH3 is 1. The second kappa shape index (κ2) is 6.42. The Morgan fingerprint density at radius 1 is 1.62 bits per heavy atom. The molecular weight excluding hydrogens is 233 g/mol. The third-order valence-electron chi connectivity index (χ3n) is 1.91. The fraction of sp³-hybridized carbons (Fsp3) is 0.300. The fourth-order valence-electron chi connectivity index (χ4n) is 1.14. The SMILES string of the molecule is COCCN=C(NN)c1cccc(Cl)c1F. The van der Waals surface area contributed by atoms with Crippen LogP contribution in [0.2, 0.25) is 5.02 Å². The number of nitrogens with zero attached hydrogens (tertiary/aromatic N) is 1. The summed E-state index contributed by atoms with van der Waals surface area (Å²) in [6.45, 7) is 0.829. The van der Waals surface area contributed by atoms with Crippen LogP contribution in [-0.2, 0) is 4.74 Å². The predicted octanol–water partition coefficient (Wildman–Crippen LogP) is 1.34. The van der Waals surface area contributed by atoms with Crippen LogP contribution in [-0.4, -0.2) is 26.1 Å². The monoisotopic (exact) mass is 245 g/mol. The first-order valence-electron chi connectivity index (χ1n) is 4.65. The van der Waals surface area contributed by atoms with Gasteiger partial charge in [-0.15, -0.1) is 0 Å². The van der Waals surface area contributed by atoms with Gasteiger partial charge in [0.2, 0.25) is 0 Å². The average molecular weight is 246 g/mol. The van der Waals surface area contributed by atoms with Gasteiger partial charge >= 0.3 is 0 Å². The minimum Gasteiger partial charge on any atom is -0.383 e. The standard InChI is InChI=1S/C10H13ClFN3O/c1-16-6-5-14-10(15-13)7-3-2-4-8(11)9(7)12/h2-4H,5-6,13H2,1H3,(H,14,15). The fourth-order valence-corrected chi connectivity index (χ4v) is 1.32. The first-order valence-corrected chi connectivity index (χ1v) is 5.03. The summed E-state index contributed by atoms with van der Waals surface area (Å²) in [6.07, 6.45) is 0. The maximum atomic E-state index is 13.6. The van der Waals surface area contributed by atoms with Crippen LogP contribution in [0.1, 0.15) is 5.56 Å². The average Bonchev–Trinajstić information content (AvgIpc) is 2.29. The lowest BCUT2D eigenvalue weighted by Gasteiger charge is -2.07. The van der Waals surface area contributed by atoms with Gasteiger partial charge in [-0.05, 0) is 12.1 Å². The van der Waals surface area contributed by atoms with E-state index in [0.29, 0.717) is 13.2 Å². The summed E-state index contributed by atoms with van der Waals surface area (Å²) in [5, 5.41) is 0.0344. The number of nitrogens with one attached hydrogen (secondary N) is 1. The quantitative estimate of drug-likeness (QED) is 0.277. The maximum absolute atomic E-state index is 13.6. The van der Waals surface area contributed by atoms with Crippen molar-refractivity contribution in [1.82, 2.24) is 5.43 Å². The van der Waals surface area contributed by atoms with Crippen molar-refractivity contribution in [3.05, 3.63) is 34.6 Å². The van der Waals surface area contributed by atoms with E-state index in [-0.39, 0.29) is 16.4 Å². The molecule has 3 N–H and O–H groups in total. The molecule has 0 spiro atoms. The molecule has 0 aliphatic heterocycles. The molecule has 0 atom stereocenters. The van der Waals surface area contributed by atoms with Crippen molar-refractivity contribution in [2.75, 3.05) is 20.3 Å². The van der Waals surface area contributed by atoms with Gasteiger partial charge in [-0.1, -0.05) is 17.7 Å². The minimum atomic E-state index is -0.543. The highest BCUT2D eigenvalue weighted by atomic mass is 35.5. The first-order chi connectivity index (χ1) is 7.70. The zero-order valence-electron chi connectivity index (χ0n) is 8.84. The normalized spacial score (nSPS) is 11.6. The Morgan fingerprint density at radius 2 is 2.38 bits per heavy atom. The molecule has 0 fully saturated rings. The van der Waals surface area contributed by atoms with E-state index in [0.717, 1.165) is 0 Å². The van der Waals surface area contributed by atoms with Crippen LogP contribution >= 0.6 is 11.6 Å². The second-order valence-electron chi connectivity index (χ2n) is 2.97. The molecule has 0 aromatic heterocycles. The zero-order valence-corrected chi connectivity index (χ0v) is 9.59. The third kappa shape index (κ3) is 3.16. The molecular formula is C10H13ClFN3O. The number of rotatable bonds is 4. The van der Waals surface area contributed by atoms with Crippen LogP contribution in [0, 0.1) is 5.82 Å². The lowest BCUT2D eigenvalue weighted by atomic mass is 10.2. The van der Waals surface area contributed by atoms with Gasteiger partial charge in [0.25, 0.3) is 0 Å². The predicted molar refractivity (Wildman–Crippen MR) is 62.0 cm³/mol. The lowest BCUT2D eigenvalue weighted by Crippen LogP contribution is -2.32. The van der Waals surface area contributed by atoms with Crippen molar-refractivity contribution in [1.29, 1.82) is 0 Å². The maximum Gasteiger partial charge on any atom is 0.152 e. The van der Waals surface area contributed by atoms with Crippen molar-refractivity contribution in [3.8, 4) is 0 Å². The van der Waals surface area contributed by atoms with Crippen LogP contribution in [0.5, 0.6) is 0 Å². The van der Waals surface area contributed by atoms with Crippen LogP contribution in [0.25, 0.3) is 0 Å². The molecule has 1 aromatic rings. The number of hydrazine groups is 1. The highest BCUT2D eigenvalue weighted by Gasteiger charge is 2.10. The molecule has 0 radical (unpaired) electrons. The Balaban J connectivity index is 2.95. The number of amidine groups is 1. The number of aliphatic imine (C=N–C) groups is 1. The van der Waals surface area contributed by atoms with Crippen molar-refractivity contribution in [2.45, 2.75) is 0 Å². The van der Waals surface area contributed by atoms with Crippen LogP contribution in [0.3, 0.4) is 0 Å². The largest absolute Gasteiger partial charge is 0.383 e. The van der Waals surface area contributed by atoms with E-state index in [2.05, 4.69) is 10.4 Å². The molecule has 16 heavy (non-hydrogen) atoms. The Labute approximate surface area is 98.2 Å². The van der Waals surface area contributed by atoms with E-state index >= 15 is 0 Å². The summed E-state index contributed by atoms with van der Waals surface area (Å²) in [7, 11) is 1.56. The highest BCUT2D eigenvalue weighted by molar-refractivity contribution is 6.31. The summed E-state index contributed by atoms with van der Waals surface area (Å²) in [5.41, 5.74) is 2.58. The number of hydrogen-bond donors (Lipinski definition) is 2. The second-order valence-corrected chi connectivity index (χ2v) is 3.38. The topological polar surface area (TPSA) is 59.6 Å². The van der Waals surface area contributed by atoms with Gasteiger partial charge in [0.15, 0.2) is 5.82 Å². The van der Waals surface area contributed by atoms with Gasteiger partial charge in [0, 0.05) is 7.11 Å². The van der Waals surface area contributed by atoms with Crippen molar-refractivity contribution < 1.29 is 9.13 Å². The van der Waals surface area contributed by atoms with Gasteiger partial charge in [-0.3, -0.25) is 4.99 Å². The Kier molecular flexibility index (Phi) is 5.18. The molecule has 0 bridgehead atoms. The molecule has 0 heterocycles. The minimum absolute atomic E-state index is 0.0344. The molecule has 88 valence electrons. The number of ether oxygens (including phenoxy) is 1. The number of nitrogens with two attached hydrogens (primary N) is 1. The number of halogens is 2. The smallest absolute Gasteiger partial charge is 0.152 e. The number of benzene rings is 1. The van der Waals surface area contributed by atoms with Crippen LogP contribution in [0.4, 0.5) is 4.39 Å². The van der Waals surface area contributed by atoms with E-state index in [1.165, 1.54) is 6.07 Å². The van der Waals surface area contributed by atoms with Gasteiger partial charge in [-0.2, -0.15) is 0 Å². The summed E-state index contributed by atoms with van der Waals surface area (Å²) >= 11 is 5.65. The lowest BCUT2D eigenvalue weighted by molar-refractivity contribution is 0.208. The molecule has 6 heteroatoms. The third-order valence-corrected chi connectivity index (χ3v) is 2.20. The Hall–Kier alpha value is -1.17. The first kappa shape index (κ1) is 12.9. The summed E-state index contributed by atoms with van der Waals surface area (Å²) in [6, 6.07) is 4.64. The molecule has 0 aliphatic carbocycles. The van der Waals surface area contributed by atoms with E-state index in [1.54, 1.807) is 19.2 Å². The van der Waals surface area contributed by atoms with E-state index < -0.39 is 5.82 Å². The highest BCUT2D eigenvalue weighted by Crippen LogP contribution is 2.17. The van der Waals surface area contributed by atoms with Crippen molar-refractivity contribution in [3.63, 3.8) is 0 Å². The van der Waals surface area contributed by atoms with Gasteiger partial charge in [-0.25, -0.2) is 10.2 Å². The molecule has 0 saturated carbocycles. The number of hydrogen-bond acceptors (Lipinski definition) is 3. The molecule has 1 aromatic carbocycles. The Morgan fingerprint density at radius 3 is 3.00 bits per heavy atom. The molecule has 0 amide bonds. The summed E-state index contributed by atoms with van der Waals surface area (Å²) < 4.78 is 18.4. The van der Waals surface area contributed by atoms with E-state index in [1.807, 2.05) is 0 Å². The zero-order chi connectivity index (χ0) is 12.0. The van der Waals surface area contributed by atoms with Gasteiger partial charge in [0.1, 0.15) is 5.84 Å². The molecule has 0 aliphatic rings. The molecule has 4 nitrogen and oxygen atoms in total. The van der Waals surface area contributed by atoms with E-state index in [4.69, 9.17) is 22.2 Å².